The number of carbonyl (C=O) groups is 1. The third-order valence-electron chi connectivity index (χ3n) is 5.72. The molecule has 0 radical (unpaired) electrons. The van der Waals surface area contributed by atoms with Crippen LogP contribution in [0.2, 0.25) is 0 Å². The molecule has 1 aliphatic heterocycles. The number of amides is 1. The molecule has 0 aliphatic carbocycles. The highest BCUT2D eigenvalue weighted by Gasteiger charge is 2.29. The van der Waals surface area contributed by atoms with Gasteiger partial charge in [0, 0.05) is 24.7 Å². The van der Waals surface area contributed by atoms with Crippen LogP contribution in [0.5, 0.6) is 0 Å². The van der Waals surface area contributed by atoms with Crippen LogP contribution in [0.4, 0.5) is 0 Å². The summed E-state index contributed by atoms with van der Waals surface area (Å²) in [5, 5.41) is 0. The number of rotatable bonds is 4. The molecule has 162 valence electrons. The molecule has 1 heterocycles. The smallest absolute Gasteiger partial charge is 0.253 e. The Hall–Kier alpha value is -2.18. The van der Waals surface area contributed by atoms with E-state index in [1.54, 1.807) is 4.90 Å². The predicted octanol–water partition coefficient (Wildman–Crippen LogP) is 4.18. The molecule has 0 unspecified atom stereocenters. The zero-order valence-electron chi connectivity index (χ0n) is 18.5. The van der Waals surface area contributed by atoms with E-state index in [1.165, 1.54) is 0 Å². The summed E-state index contributed by atoms with van der Waals surface area (Å²) in [6.45, 7) is 11.2. The standard InChI is InChI=1S/C24H32N2O3S/c1-17-15-20(24(3,4)5)16-18(2)22(17)30(28,29)25-21-11-13-26(14-12-21)23(27)19-9-7-6-8-10-19/h6-10,15-16,21,25H,11-14H2,1-5H3. The number of piperidine rings is 1. The summed E-state index contributed by atoms with van der Waals surface area (Å²) in [6, 6.07) is 13.0. The van der Waals surface area contributed by atoms with Crippen molar-refractivity contribution in [3.63, 3.8) is 0 Å². The molecule has 1 saturated heterocycles. The quantitative estimate of drug-likeness (QED) is 0.794. The molecule has 2 aromatic carbocycles. The molecule has 1 N–H and O–H groups in total. The molecule has 0 bridgehead atoms. The van der Waals surface area contributed by atoms with Crippen LogP contribution in [0.25, 0.3) is 0 Å². The number of nitrogens with one attached hydrogen (secondary N) is 1. The van der Waals surface area contributed by atoms with Crippen molar-refractivity contribution in [2.45, 2.75) is 63.8 Å². The molecule has 6 heteroatoms. The molecule has 1 amide bonds. The Morgan fingerprint density at radius 2 is 1.53 bits per heavy atom. The van der Waals surface area contributed by atoms with E-state index in [0.717, 1.165) is 16.7 Å². The second kappa shape index (κ2) is 8.52. The van der Waals surface area contributed by atoms with Gasteiger partial charge in [-0.25, -0.2) is 13.1 Å². The first-order chi connectivity index (χ1) is 14.0. The van der Waals surface area contributed by atoms with Crippen molar-refractivity contribution in [2.75, 3.05) is 13.1 Å². The summed E-state index contributed by atoms with van der Waals surface area (Å²) < 4.78 is 29.2. The van der Waals surface area contributed by atoms with Crippen LogP contribution in [0, 0.1) is 13.8 Å². The Kier molecular flexibility index (Phi) is 6.39. The third-order valence-corrected chi connectivity index (χ3v) is 7.54. The Morgan fingerprint density at radius 1 is 1.00 bits per heavy atom. The van der Waals surface area contributed by atoms with Gasteiger partial charge in [0.1, 0.15) is 0 Å². The molecule has 0 saturated carbocycles. The summed E-state index contributed by atoms with van der Waals surface area (Å²) in [5.41, 5.74) is 3.29. The maximum atomic E-state index is 13.1. The van der Waals surface area contributed by atoms with Crippen molar-refractivity contribution >= 4 is 15.9 Å². The fraction of sp³-hybridized carbons (Fsp3) is 0.458. The number of hydrogen-bond acceptors (Lipinski definition) is 3. The minimum atomic E-state index is -3.63. The summed E-state index contributed by atoms with van der Waals surface area (Å²) >= 11 is 0. The topological polar surface area (TPSA) is 66.5 Å². The van der Waals surface area contributed by atoms with Crippen LogP contribution in [-0.4, -0.2) is 38.4 Å². The van der Waals surface area contributed by atoms with E-state index in [9.17, 15) is 13.2 Å². The van der Waals surface area contributed by atoms with Crippen LogP contribution in [-0.2, 0) is 15.4 Å². The molecule has 2 aromatic rings. The molecular weight excluding hydrogens is 396 g/mol. The maximum absolute atomic E-state index is 13.1. The first kappa shape index (κ1) is 22.5. The average Bonchev–Trinajstić information content (AvgIpc) is 2.67. The second-order valence-electron chi connectivity index (χ2n) is 9.24. The van der Waals surface area contributed by atoms with Gasteiger partial charge in [0.2, 0.25) is 10.0 Å². The van der Waals surface area contributed by atoms with E-state index >= 15 is 0 Å². The molecule has 1 aliphatic rings. The third kappa shape index (κ3) is 4.93. The van der Waals surface area contributed by atoms with E-state index in [4.69, 9.17) is 0 Å². The van der Waals surface area contributed by atoms with Crippen LogP contribution in [0.1, 0.15) is 60.7 Å². The number of benzene rings is 2. The monoisotopic (exact) mass is 428 g/mol. The number of likely N-dealkylation sites (tertiary alicyclic amines) is 1. The highest BCUT2D eigenvalue weighted by molar-refractivity contribution is 7.89. The number of sulfonamides is 1. The van der Waals surface area contributed by atoms with E-state index in [0.29, 0.717) is 36.4 Å². The van der Waals surface area contributed by atoms with Crippen molar-refractivity contribution in [1.29, 1.82) is 0 Å². The minimum Gasteiger partial charge on any atom is -0.339 e. The van der Waals surface area contributed by atoms with E-state index in [2.05, 4.69) is 25.5 Å². The Balaban J connectivity index is 1.70. The fourth-order valence-corrected chi connectivity index (χ4v) is 5.81. The molecule has 5 nitrogen and oxygen atoms in total. The lowest BCUT2D eigenvalue weighted by atomic mass is 9.85. The number of carbonyl (C=O) groups excluding carboxylic acids is 1. The van der Waals surface area contributed by atoms with E-state index in [-0.39, 0.29) is 17.4 Å². The van der Waals surface area contributed by atoms with Crippen LogP contribution in [0.15, 0.2) is 47.4 Å². The lowest BCUT2D eigenvalue weighted by Gasteiger charge is -2.32. The normalized spacial score (nSPS) is 16.0. The van der Waals surface area contributed by atoms with Gasteiger partial charge in [-0.1, -0.05) is 51.1 Å². The predicted molar refractivity (Wildman–Crippen MR) is 120 cm³/mol. The summed E-state index contributed by atoms with van der Waals surface area (Å²) in [5.74, 6) is 0.00126. The van der Waals surface area contributed by atoms with Gasteiger partial charge in [-0.2, -0.15) is 0 Å². The number of aryl methyl sites for hydroxylation is 2. The van der Waals surface area contributed by atoms with Crippen LogP contribution >= 0.6 is 0 Å². The first-order valence-corrected chi connectivity index (χ1v) is 12.0. The molecule has 1 fully saturated rings. The van der Waals surface area contributed by atoms with E-state index in [1.807, 2.05) is 56.3 Å². The second-order valence-corrected chi connectivity index (χ2v) is 10.9. The van der Waals surface area contributed by atoms with Crippen molar-refractivity contribution < 1.29 is 13.2 Å². The molecular formula is C24H32N2O3S. The van der Waals surface area contributed by atoms with Gasteiger partial charge in [0.25, 0.3) is 5.91 Å². The highest BCUT2D eigenvalue weighted by Crippen LogP contribution is 2.29. The van der Waals surface area contributed by atoms with E-state index < -0.39 is 10.0 Å². The zero-order chi connectivity index (χ0) is 22.1. The zero-order valence-corrected chi connectivity index (χ0v) is 19.3. The van der Waals surface area contributed by atoms with Gasteiger partial charge in [-0.3, -0.25) is 4.79 Å². The summed E-state index contributed by atoms with van der Waals surface area (Å²) in [7, 11) is -3.63. The highest BCUT2D eigenvalue weighted by atomic mass is 32.2. The summed E-state index contributed by atoms with van der Waals surface area (Å²) in [4.78, 5) is 14.8. The van der Waals surface area contributed by atoms with Crippen molar-refractivity contribution in [3.05, 3.63) is 64.7 Å². The average molecular weight is 429 g/mol. The maximum Gasteiger partial charge on any atom is 0.253 e. The van der Waals surface area contributed by atoms with Crippen molar-refractivity contribution in [2.24, 2.45) is 0 Å². The first-order valence-electron chi connectivity index (χ1n) is 10.5. The Labute approximate surface area is 180 Å². The molecule has 0 aromatic heterocycles. The van der Waals surface area contributed by atoms with Crippen molar-refractivity contribution in [1.82, 2.24) is 9.62 Å². The van der Waals surface area contributed by atoms with Crippen LogP contribution in [0.3, 0.4) is 0 Å². The van der Waals surface area contributed by atoms with Gasteiger partial charge < -0.3 is 4.90 Å². The van der Waals surface area contributed by atoms with Gasteiger partial charge in [0.15, 0.2) is 0 Å². The number of nitrogens with zero attached hydrogens (tertiary/aromatic N) is 1. The molecule has 0 spiro atoms. The summed E-state index contributed by atoms with van der Waals surface area (Å²) in [6.07, 6.45) is 1.21. The molecule has 30 heavy (non-hydrogen) atoms. The molecule has 3 rings (SSSR count). The largest absolute Gasteiger partial charge is 0.339 e. The Bertz CT molecular complexity index is 993. The van der Waals surface area contributed by atoms with Gasteiger partial charge in [0.05, 0.1) is 4.90 Å². The van der Waals surface area contributed by atoms with Crippen molar-refractivity contribution in [3.8, 4) is 0 Å². The van der Waals surface area contributed by atoms with Gasteiger partial charge in [-0.15, -0.1) is 0 Å². The van der Waals surface area contributed by atoms with Gasteiger partial charge >= 0.3 is 0 Å². The van der Waals surface area contributed by atoms with Gasteiger partial charge in [-0.05, 0) is 60.9 Å². The lowest BCUT2D eigenvalue weighted by molar-refractivity contribution is 0.0711. The minimum absolute atomic E-state index is 0.00126. The Morgan fingerprint density at radius 3 is 2.03 bits per heavy atom. The number of hydrogen-bond donors (Lipinski definition) is 1. The van der Waals surface area contributed by atoms with Crippen LogP contribution < -0.4 is 4.72 Å². The molecule has 0 atom stereocenters. The SMILES string of the molecule is Cc1cc(C(C)(C)C)cc(C)c1S(=O)(=O)NC1CCN(C(=O)c2ccccc2)CC1. The lowest BCUT2D eigenvalue weighted by Crippen LogP contribution is -2.46. The fourth-order valence-electron chi connectivity index (χ4n) is 4.05.